The highest BCUT2D eigenvalue weighted by Gasteiger charge is 2.33. The lowest BCUT2D eigenvalue weighted by Crippen LogP contribution is -2.40. The van der Waals surface area contributed by atoms with Crippen LogP contribution in [0, 0.1) is 0 Å². The van der Waals surface area contributed by atoms with Crippen LogP contribution in [0.25, 0.3) is 0 Å². The molecule has 0 bridgehead atoms. The first-order chi connectivity index (χ1) is 12.3. The first-order valence-corrected chi connectivity index (χ1v) is 8.11. The number of aryl methyl sites for hydroxylation is 1. The third kappa shape index (κ3) is 6.60. The van der Waals surface area contributed by atoms with Crippen LogP contribution < -0.4 is 10.6 Å². The van der Waals surface area contributed by atoms with E-state index < -0.39 is 11.7 Å². The third-order valence-corrected chi connectivity index (χ3v) is 3.84. The molecule has 2 aromatic heterocycles. The van der Waals surface area contributed by atoms with E-state index >= 15 is 0 Å². The van der Waals surface area contributed by atoms with Crippen LogP contribution in [0.2, 0.25) is 0 Å². The minimum Gasteiger partial charge on any atom is -0.368 e. The molecule has 6 nitrogen and oxygen atoms in total. The molecule has 27 heavy (non-hydrogen) atoms. The van der Waals surface area contributed by atoms with Gasteiger partial charge in [-0.2, -0.15) is 13.2 Å². The molecule has 0 aromatic carbocycles. The topological polar surface area (TPSA) is 57.5 Å². The lowest BCUT2D eigenvalue weighted by atomic mass is 10.2. The van der Waals surface area contributed by atoms with Crippen molar-refractivity contribution in [3.8, 4) is 0 Å². The summed E-state index contributed by atoms with van der Waals surface area (Å²) in [6, 6.07) is 6.27. The second-order valence-electron chi connectivity index (χ2n) is 5.76. The number of anilines is 1. The Hall–Kier alpha value is -1.98. The van der Waals surface area contributed by atoms with Crippen molar-refractivity contribution in [1.82, 2.24) is 19.8 Å². The summed E-state index contributed by atoms with van der Waals surface area (Å²) in [7, 11) is 5.53. The molecule has 2 rings (SSSR count). The molecule has 0 spiro atoms. The van der Waals surface area contributed by atoms with E-state index in [4.69, 9.17) is 0 Å². The Bertz CT molecular complexity index is 744. The highest BCUT2D eigenvalue weighted by Crippen LogP contribution is 2.33. The molecule has 2 N–H and O–H groups in total. The first kappa shape index (κ1) is 23.1. The second-order valence-corrected chi connectivity index (χ2v) is 5.76. The maximum Gasteiger partial charge on any atom is 0.419 e. The molecular weight excluding hydrogens is 472 g/mol. The molecule has 0 atom stereocenters. The van der Waals surface area contributed by atoms with E-state index in [0.717, 1.165) is 11.8 Å². The predicted molar refractivity (Wildman–Crippen MR) is 111 cm³/mol. The van der Waals surface area contributed by atoms with Gasteiger partial charge in [0, 0.05) is 52.3 Å². The average Bonchev–Trinajstić information content (AvgIpc) is 2.99. The van der Waals surface area contributed by atoms with Gasteiger partial charge in [-0.1, -0.05) is 0 Å². The van der Waals surface area contributed by atoms with Crippen molar-refractivity contribution in [3.05, 3.63) is 47.9 Å². The van der Waals surface area contributed by atoms with Gasteiger partial charge in [0.1, 0.15) is 5.82 Å². The Morgan fingerprint density at radius 2 is 2.00 bits per heavy atom. The number of alkyl halides is 3. The van der Waals surface area contributed by atoms with Gasteiger partial charge < -0.3 is 20.1 Å². The van der Waals surface area contributed by atoms with E-state index in [1.54, 1.807) is 7.05 Å². The smallest absolute Gasteiger partial charge is 0.368 e. The fraction of sp³-hybridized carbons (Fsp3) is 0.412. The van der Waals surface area contributed by atoms with E-state index in [1.807, 2.05) is 41.9 Å². The fourth-order valence-electron chi connectivity index (χ4n) is 2.49. The van der Waals surface area contributed by atoms with Gasteiger partial charge in [-0.15, -0.1) is 24.0 Å². The largest absolute Gasteiger partial charge is 0.419 e. The van der Waals surface area contributed by atoms with Crippen LogP contribution in [0.15, 0.2) is 41.7 Å². The summed E-state index contributed by atoms with van der Waals surface area (Å²) in [4.78, 5) is 9.91. The number of hydrogen-bond acceptors (Lipinski definition) is 3. The van der Waals surface area contributed by atoms with Crippen molar-refractivity contribution in [3.63, 3.8) is 0 Å². The Balaban J connectivity index is 0.00000364. The Morgan fingerprint density at radius 1 is 1.26 bits per heavy atom. The predicted octanol–water partition coefficient (Wildman–Crippen LogP) is 3.18. The summed E-state index contributed by atoms with van der Waals surface area (Å²) >= 11 is 0. The molecule has 0 aliphatic carbocycles. The highest BCUT2D eigenvalue weighted by atomic mass is 127. The highest BCUT2D eigenvalue weighted by molar-refractivity contribution is 14.0. The Labute approximate surface area is 173 Å². The van der Waals surface area contributed by atoms with Crippen LogP contribution in [-0.2, 0) is 19.8 Å². The number of pyridine rings is 1. The van der Waals surface area contributed by atoms with Gasteiger partial charge in [0.25, 0.3) is 0 Å². The number of aliphatic imine (C=N–C) groups is 1. The van der Waals surface area contributed by atoms with Gasteiger partial charge >= 0.3 is 6.18 Å². The Morgan fingerprint density at radius 3 is 2.59 bits per heavy atom. The molecule has 0 radical (unpaired) electrons. The SMILES string of the molecule is CN=C(NCCNc1ncccc1C(F)(F)F)N(C)Cc1cccn1C.I. The van der Waals surface area contributed by atoms with Crippen molar-refractivity contribution in [2.75, 3.05) is 32.5 Å². The van der Waals surface area contributed by atoms with Crippen LogP contribution in [0.5, 0.6) is 0 Å². The zero-order valence-corrected chi connectivity index (χ0v) is 17.7. The van der Waals surface area contributed by atoms with Gasteiger partial charge in [-0.3, -0.25) is 4.99 Å². The zero-order chi connectivity index (χ0) is 19.2. The summed E-state index contributed by atoms with van der Waals surface area (Å²) in [5.74, 6) is 0.485. The van der Waals surface area contributed by atoms with E-state index in [1.165, 1.54) is 12.3 Å². The molecule has 2 heterocycles. The van der Waals surface area contributed by atoms with Crippen LogP contribution in [0.4, 0.5) is 19.0 Å². The molecule has 0 aliphatic heterocycles. The zero-order valence-electron chi connectivity index (χ0n) is 15.4. The molecule has 0 saturated heterocycles. The van der Waals surface area contributed by atoms with Crippen molar-refractivity contribution in [1.29, 1.82) is 0 Å². The fourth-order valence-corrected chi connectivity index (χ4v) is 2.49. The normalized spacial score (nSPS) is 11.7. The van der Waals surface area contributed by atoms with E-state index in [2.05, 4.69) is 20.6 Å². The van der Waals surface area contributed by atoms with Gasteiger partial charge in [-0.25, -0.2) is 4.98 Å². The third-order valence-electron chi connectivity index (χ3n) is 3.84. The number of nitrogens with one attached hydrogen (secondary N) is 2. The van der Waals surface area contributed by atoms with Crippen LogP contribution >= 0.6 is 24.0 Å². The number of rotatable bonds is 6. The van der Waals surface area contributed by atoms with Crippen molar-refractivity contribution in [2.24, 2.45) is 12.0 Å². The second kappa shape index (κ2) is 10.4. The van der Waals surface area contributed by atoms with Crippen LogP contribution in [0.3, 0.4) is 0 Å². The molecule has 150 valence electrons. The molecule has 0 saturated carbocycles. The molecule has 0 unspecified atom stereocenters. The molecule has 0 aliphatic rings. The lowest BCUT2D eigenvalue weighted by molar-refractivity contribution is -0.137. The van der Waals surface area contributed by atoms with Crippen molar-refractivity contribution in [2.45, 2.75) is 12.7 Å². The Kier molecular flexibility index (Phi) is 8.86. The summed E-state index contributed by atoms with van der Waals surface area (Å²) in [6.07, 6.45) is -1.14. The van der Waals surface area contributed by atoms with Crippen LogP contribution in [0.1, 0.15) is 11.3 Å². The summed E-state index contributed by atoms with van der Waals surface area (Å²) in [5, 5.41) is 5.85. The summed E-state index contributed by atoms with van der Waals surface area (Å²) in [5.41, 5.74) is 0.349. The number of halogens is 4. The number of hydrogen-bond donors (Lipinski definition) is 2. The van der Waals surface area contributed by atoms with Crippen molar-refractivity contribution < 1.29 is 13.2 Å². The van der Waals surface area contributed by atoms with Gasteiger partial charge in [-0.05, 0) is 24.3 Å². The number of nitrogens with zero attached hydrogens (tertiary/aromatic N) is 4. The monoisotopic (exact) mass is 496 g/mol. The lowest BCUT2D eigenvalue weighted by Gasteiger charge is -2.22. The minimum atomic E-state index is -4.44. The molecular formula is C17H24F3IN6. The first-order valence-electron chi connectivity index (χ1n) is 8.11. The quantitative estimate of drug-likeness (QED) is 0.279. The minimum absolute atomic E-state index is 0. The average molecular weight is 496 g/mol. The maximum atomic E-state index is 12.9. The van der Waals surface area contributed by atoms with E-state index in [-0.39, 0.29) is 36.3 Å². The van der Waals surface area contributed by atoms with E-state index in [9.17, 15) is 13.2 Å². The van der Waals surface area contributed by atoms with Gasteiger partial charge in [0.05, 0.1) is 12.1 Å². The molecule has 0 amide bonds. The van der Waals surface area contributed by atoms with Gasteiger partial charge in [0.2, 0.25) is 0 Å². The molecule has 2 aromatic rings. The van der Waals surface area contributed by atoms with Gasteiger partial charge in [0.15, 0.2) is 5.96 Å². The molecule has 10 heteroatoms. The summed E-state index contributed by atoms with van der Waals surface area (Å²) < 4.78 is 40.8. The summed E-state index contributed by atoms with van der Waals surface area (Å²) in [6.45, 7) is 1.34. The maximum absolute atomic E-state index is 12.9. The molecule has 0 fully saturated rings. The standard InChI is InChI=1S/C17H23F3N6.HI/c1-21-16(26(3)12-13-6-5-11-25(13)2)24-10-9-23-15-14(17(18,19)20)7-4-8-22-15;/h4-8,11H,9-10,12H2,1-3H3,(H,21,24)(H,22,23);1H. The number of aromatic nitrogens is 2. The van der Waals surface area contributed by atoms with Crippen LogP contribution in [-0.4, -0.2) is 47.6 Å². The number of guanidine groups is 1. The van der Waals surface area contributed by atoms with Crippen molar-refractivity contribution >= 4 is 35.8 Å². The van der Waals surface area contributed by atoms with E-state index in [0.29, 0.717) is 19.0 Å².